The zero-order chi connectivity index (χ0) is 10.9. The smallest absolute Gasteiger partial charge is 0.250 e. The molecule has 0 aromatic carbocycles. The highest BCUT2D eigenvalue weighted by molar-refractivity contribution is 5.81. The Morgan fingerprint density at radius 3 is 2.80 bits per heavy atom. The molecule has 4 nitrogen and oxygen atoms in total. The molecule has 2 aliphatic rings. The zero-order valence-electron chi connectivity index (χ0n) is 9.29. The third-order valence-electron chi connectivity index (χ3n) is 3.65. The van der Waals surface area contributed by atoms with Crippen LogP contribution in [0.3, 0.4) is 0 Å². The Morgan fingerprint density at radius 2 is 2.33 bits per heavy atom. The average Bonchev–Trinajstić information content (AvgIpc) is 2.58. The summed E-state index contributed by atoms with van der Waals surface area (Å²) in [5, 5.41) is 2.95. The molecular formula is C11H20N2O2. The van der Waals surface area contributed by atoms with E-state index in [4.69, 9.17) is 10.5 Å². The number of nitrogens with one attached hydrogen (secondary N) is 1. The summed E-state index contributed by atoms with van der Waals surface area (Å²) in [5.74, 6) is -0.0341. The molecule has 1 heterocycles. The van der Waals surface area contributed by atoms with Crippen molar-refractivity contribution >= 4 is 5.91 Å². The summed E-state index contributed by atoms with van der Waals surface area (Å²) in [4.78, 5) is 11.7. The number of hydrogen-bond acceptors (Lipinski definition) is 3. The predicted octanol–water partition coefficient (Wildman–Crippen LogP) is 0.409. The van der Waals surface area contributed by atoms with Gasteiger partial charge in [-0.05, 0) is 24.7 Å². The SMILES string of the molecule is CC1(CNC(=O)[C@H]2OCC[C@H]2N)CCC1. The van der Waals surface area contributed by atoms with Crippen LogP contribution in [0.5, 0.6) is 0 Å². The number of nitrogens with two attached hydrogens (primary N) is 1. The molecule has 0 bridgehead atoms. The maximum atomic E-state index is 11.7. The molecule has 0 spiro atoms. The second-order valence-electron chi connectivity index (χ2n) is 5.13. The molecule has 1 aliphatic carbocycles. The van der Waals surface area contributed by atoms with E-state index in [1.54, 1.807) is 0 Å². The van der Waals surface area contributed by atoms with Crippen LogP contribution in [-0.4, -0.2) is 31.2 Å². The van der Waals surface area contributed by atoms with E-state index >= 15 is 0 Å². The average molecular weight is 212 g/mol. The molecule has 0 aromatic heterocycles. The predicted molar refractivity (Wildman–Crippen MR) is 57.3 cm³/mol. The minimum absolute atomic E-state index is 0.0341. The van der Waals surface area contributed by atoms with Crippen LogP contribution in [-0.2, 0) is 9.53 Å². The minimum atomic E-state index is -0.423. The van der Waals surface area contributed by atoms with E-state index < -0.39 is 6.10 Å². The number of ether oxygens (including phenoxy) is 1. The zero-order valence-corrected chi connectivity index (χ0v) is 9.29. The number of carbonyl (C=O) groups is 1. The van der Waals surface area contributed by atoms with Crippen LogP contribution in [0.4, 0.5) is 0 Å². The molecule has 2 rings (SSSR count). The van der Waals surface area contributed by atoms with Crippen LogP contribution in [0.25, 0.3) is 0 Å². The largest absolute Gasteiger partial charge is 0.367 e. The molecule has 1 saturated heterocycles. The second-order valence-corrected chi connectivity index (χ2v) is 5.13. The molecule has 0 aromatic rings. The summed E-state index contributed by atoms with van der Waals surface area (Å²) in [6, 6.07) is -0.126. The Bertz CT molecular complexity index is 251. The summed E-state index contributed by atoms with van der Waals surface area (Å²) in [7, 11) is 0. The molecule has 2 fully saturated rings. The first-order valence-electron chi connectivity index (χ1n) is 5.76. The Kier molecular flexibility index (Phi) is 2.98. The Hall–Kier alpha value is -0.610. The number of rotatable bonds is 3. The molecule has 0 unspecified atom stereocenters. The lowest BCUT2D eigenvalue weighted by molar-refractivity contribution is -0.131. The first-order valence-corrected chi connectivity index (χ1v) is 5.76. The van der Waals surface area contributed by atoms with Crippen LogP contribution in [0.15, 0.2) is 0 Å². The molecular weight excluding hydrogens is 192 g/mol. The van der Waals surface area contributed by atoms with Gasteiger partial charge >= 0.3 is 0 Å². The fraction of sp³-hybridized carbons (Fsp3) is 0.909. The van der Waals surface area contributed by atoms with Crippen LogP contribution >= 0.6 is 0 Å². The maximum Gasteiger partial charge on any atom is 0.250 e. The third-order valence-corrected chi connectivity index (χ3v) is 3.65. The highest BCUT2D eigenvalue weighted by Crippen LogP contribution is 2.39. The van der Waals surface area contributed by atoms with Crippen LogP contribution in [0, 0.1) is 5.41 Å². The van der Waals surface area contributed by atoms with Gasteiger partial charge in [-0.3, -0.25) is 4.79 Å². The van der Waals surface area contributed by atoms with Crippen LogP contribution in [0.2, 0.25) is 0 Å². The van der Waals surface area contributed by atoms with Crippen molar-refractivity contribution < 1.29 is 9.53 Å². The molecule has 4 heteroatoms. The monoisotopic (exact) mass is 212 g/mol. The van der Waals surface area contributed by atoms with E-state index in [1.807, 2.05) is 0 Å². The standard InChI is InChI=1S/C11H20N2O2/c1-11(4-2-5-11)7-13-10(14)9-8(12)3-6-15-9/h8-9H,2-7,12H2,1H3,(H,13,14)/t8-,9+/m1/s1. The first kappa shape index (κ1) is 10.9. The second kappa shape index (κ2) is 4.10. The molecule has 15 heavy (non-hydrogen) atoms. The molecule has 0 radical (unpaired) electrons. The van der Waals surface area contributed by atoms with Crippen LogP contribution in [0.1, 0.15) is 32.6 Å². The van der Waals surface area contributed by atoms with Crippen molar-refractivity contribution in [3.8, 4) is 0 Å². The highest BCUT2D eigenvalue weighted by Gasteiger charge is 2.35. The van der Waals surface area contributed by atoms with Crippen molar-refractivity contribution in [1.29, 1.82) is 0 Å². The van der Waals surface area contributed by atoms with Gasteiger partial charge in [-0.2, -0.15) is 0 Å². The summed E-state index contributed by atoms with van der Waals surface area (Å²) in [6.45, 7) is 3.58. The van der Waals surface area contributed by atoms with Gasteiger partial charge in [-0.25, -0.2) is 0 Å². The van der Waals surface area contributed by atoms with Crippen molar-refractivity contribution in [2.75, 3.05) is 13.2 Å². The Morgan fingerprint density at radius 1 is 1.60 bits per heavy atom. The van der Waals surface area contributed by atoms with Gasteiger partial charge in [0.1, 0.15) is 0 Å². The van der Waals surface area contributed by atoms with Gasteiger partial charge < -0.3 is 15.8 Å². The lowest BCUT2D eigenvalue weighted by atomic mass is 9.70. The summed E-state index contributed by atoms with van der Waals surface area (Å²) < 4.78 is 5.31. The van der Waals surface area contributed by atoms with E-state index in [0.29, 0.717) is 12.0 Å². The van der Waals surface area contributed by atoms with Crippen molar-refractivity contribution in [1.82, 2.24) is 5.32 Å². The van der Waals surface area contributed by atoms with Gasteiger partial charge in [-0.15, -0.1) is 0 Å². The first-order chi connectivity index (χ1) is 7.11. The van der Waals surface area contributed by atoms with Gasteiger partial charge in [0.15, 0.2) is 6.10 Å². The number of hydrogen-bond donors (Lipinski definition) is 2. The molecule has 1 aliphatic heterocycles. The Balaban J connectivity index is 1.76. The maximum absolute atomic E-state index is 11.7. The van der Waals surface area contributed by atoms with Crippen molar-refractivity contribution in [2.45, 2.75) is 44.8 Å². The summed E-state index contributed by atoms with van der Waals surface area (Å²) in [6.07, 6.45) is 4.07. The van der Waals surface area contributed by atoms with E-state index in [2.05, 4.69) is 12.2 Å². The lowest BCUT2D eigenvalue weighted by Crippen LogP contribution is -2.48. The fourth-order valence-corrected chi connectivity index (χ4v) is 2.23. The molecule has 3 N–H and O–H groups in total. The van der Waals surface area contributed by atoms with Crippen LogP contribution < -0.4 is 11.1 Å². The molecule has 2 atom stereocenters. The normalized spacial score (nSPS) is 33.5. The number of amides is 1. The van der Waals surface area contributed by atoms with Gasteiger partial charge in [0.25, 0.3) is 5.91 Å². The minimum Gasteiger partial charge on any atom is -0.367 e. The van der Waals surface area contributed by atoms with E-state index in [1.165, 1.54) is 19.3 Å². The lowest BCUT2D eigenvalue weighted by Gasteiger charge is -2.38. The quantitative estimate of drug-likeness (QED) is 0.712. The molecule has 86 valence electrons. The topological polar surface area (TPSA) is 64.3 Å². The van der Waals surface area contributed by atoms with Gasteiger partial charge in [0, 0.05) is 19.2 Å². The van der Waals surface area contributed by atoms with E-state index in [0.717, 1.165) is 13.0 Å². The number of carbonyl (C=O) groups excluding carboxylic acids is 1. The Labute approximate surface area is 90.5 Å². The van der Waals surface area contributed by atoms with E-state index in [-0.39, 0.29) is 11.9 Å². The summed E-state index contributed by atoms with van der Waals surface area (Å²) >= 11 is 0. The van der Waals surface area contributed by atoms with Crippen molar-refractivity contribution in [3.05, 3.63) is 0 Å². The van der Waals surface area contributed by atoms with E-state index in [9.17, 15) is 4.79 Å². The van der Waals surface area contributed by atoms with Gasteiger partial charge in [0.05, 0.1) is 0 Å². The highest BCUT2D eigenvalue weighted by atomic mass is 16.5. The van der Waals surface area contributed by atoms with Crippen molar-refractivity contribution in [2.24, 2.45) is 11.1 Å². The summed E-state index contributed by atoms with van der Waals surface area (Å²) in [5.41, 5.74) is 6.10. The van der Waals surface area contributed by atoms with Gasteiger partial charge in [0.2, 0.25) is 0 Å². The molecule has 1 amide bonds. The van der Waals surface area contributed by atoms with Crippen molar-refractivity contribution in [3.63, 3.8) is 0 Å². The fourth-order valence-electron chi connectivity index (χ4n) is 2.23. The molecule has 1 saturated carbocycles. The van der Waals surface area contributed by atoms with Gasteiger partial charge in [-0.1, -0.05) is 13.3 Å². The third kappa shape index (κ3) is 2.32.